The number of ketones is 1. The summed E-state index contributed by atoms with van der Waals surface area (Å²) in [6.07, 6.45) is 0.592. The van der Waals surface area contributed by atoms with Crippen molar-refractivity contribution in [2.45, 2.75) is 46.5 Å². The van der Waals surface area contributed by atoms with Crippen LogP contribution in [0.3, 0.4) is 0 Å². The Bertz CT molecular complexity index is 1540. The monoisotopic (exact) mass is 685 g/mol. The molecule has 0 aliphatic heterocycles. The van der Waals surface area contributed by atoms with E-state index in [1.165, 1.54) is 4.88 Å². The predicted octanol–water partition coefficient (Wildman–Crippen LogP) is 8.68. The van der Waals surface area contributed by atoms with Crippen LogP contribution in [0.2, 0.25) is 0 Å². The Labute approximate surface area is 254 Å². The zero-order valence-corrected chi connectivity index (χ0v) is 26.6. The number of nitrogens with zero attached hydrogens (tertiary/aromatic N) is 1. The van der Waals surface area contributed by atoms with Crippen molar-refractivity contribution in [1.29, 1.82) is 0 Å². The molecule has 4 rings (SSSR count). The lowest BCUT2D eigenvalue weighted by Gasteiger charge is -2.20. The van der Waals surface area contributed by atoms with Gasteiger partial charge in [0, 0.05) is 22.4 Å². The number of carboxylic acid groups (broad SMARTS) is 1. The van der Waals surface area contributed by atoms with Gasteiger partial charge in [0.1, 0.15) is 11.5 Å². The summed E-state index contributed by atoms with van der Waals surface area (Å²) in [5.41, 5.74) is 6.24. The number of aryl methyl sites for hydroxylation is 2. The molecule has 0 aliphatic carbocycles. The SMILES string of the molecule is Cc1cccc(C(=O)c2cc(OCCc3scnc3C)c(C(C)C)cc2Oc2c(Br)cc(CC(=O)O)cc2Br)c1. The van der Waals surface area contributed by atoms with Gasteiger partial charge in [0.2, 0.25) is 0 Å². The number of hydrogen-bond acceptors (Lipinski definition) is 6. The lowest BCUT2D eigenvalue weighted by Crippen LogP contribution is -2.09. The number of thiazole rings is 1. The third-order valence-corrected chi connectivity index (χ3v) is 8.49. The van der Waals surface area contributed by atoms with Crippen LogP contribution in [-0.2, 0) is 17.6 Å². The van der Waals surface area contributed by atoms with Crippen LogP contribution in [0.5, 0.6) is 17.2 Å². The summed E-state index contributed by atoms with van der Waals surface area (Å²) in [6.45, 7) is 8.50. The van der Waals surface area contributed by atoms with Gasteiger partial charge in [0.15, 0.2) is 11.5 Å². The standard InChI is InChI=1S/C31H29Br2NO5S/c1-17(2)22-14-27(39-31-24(32)11-20(12-25(31)33)13-29(35)36)23(30(37)21-7-5-6-18(3)10-21)15-26(22)38-9-8-28-19(4)34-16-40-28/h5-7,10-12,14-17H,8-9,13H2,1-4H3,(H,35,36). The van der Waals surface area contributed by atoms with E-state index in [4.69, 9.17) is 9.47 Å². The van der Waals surface area contributed by atoms with Crippen LogP contribution in [0.1, 0.15) is 62.9 Å². The third kappa shape index (κ3) is 7.19. The van der Waals surface area contributed by atoms with Gasteiger partial charge in [-0.3, -0.25) is 9.59 Å². The van der Waals surface area contributed by atoms with Crippen molar-refractivity contribution < 1.29 is 24.2 Å². The normalized spacial score (nSPS) is 11.1. The third-order valence-electron chi connectivity index (χ3n) is 6.32. The van der Waals surface area contributed by atoms with Crippen molar-refractivity contribution in [2.24, 2.45) is 0 Å². The van der Waals surface area contributed by atoms with Crippen LogP contribution in [-0.4, -0.2) is 28.4 Å². The molecule has 0 amide bonds. The van der Waals surface area contributed by atoms with Gasteiger partial charge in [-0.25, -0.2) is 4.98 Å². The average molecular weight is 687 g/mol. The molecule has 0 unspecified atom stereocenters. The number of aromatic nitrogens is 1. The summed E-state index contributed by atoms with van der Waals surface area (Å²) < 4.78 is 13.8. The lowest BCUT2D eigenvalue weighted by molar-refractivity contribution is -0.136. The summed E-state index contributed by atoms with van der Waals surface area (Å²) in [5.74, 6) is 0.434. The summed E-state index contributed by atoms with van der Waals surface area (Å²) in [5, 5.41) is 9.20. The first kappa shape index (κ1) is 30.0. The summed E-state index contributed by atoms with van der Waals surface area (Å²) in [7, 11) is 0. The van der Waals surface area contributed by atoms with Gasteiger partial charge < -0.3 is 14.6 Å². The van der Waals surface area contributed by atoms with E-state index in [1.54, 1.807) is 35.6 Å². The van der Waals surface area contributed by atoms with Crippen molar-refractivity contribution >= 4 is 54.9 Å². The Balaban J connectivity index is 1.77. The molecule has 0 spiro atoms. The molecule has 0 radical (unpaired) electrons. The minimum absolute atomic E-state index is 0.0930. The number of rotatable bonds is 11. The molecule has 0 bridgehead atoms. The number of carbonyl (C=O) groups is 2. The smallest absolute Gasteiger partial charge is 0.307 e. The van der Waals surface area contributed by atoms with Gasteiger partial charge >= 0.3 is 5.97 Å². The number of benzene rings is 3. The highest BCUT2D eigenvalue weighted by molar-refractivity contribution is 9.11. The Morgan fingerprint density at radius 3 is 2.35 bits per heavy atom. The van der Waals surface area contributed by atoms with Crippen molar-refractivity contribution in [2.75, 3.05) is 6.61 Å². The molecular weight excluding hydrogens is 658 g/mol. The molecule has 4 aromatic rings. The minimum Gasteiger partial charge on any atom is -0.493 e. The number of aliphatic carboxylic acids is 1. The first-order valence-corrected chi connectivity index (χ1v) is 15.2. The van der Waals surface area contributed by atoms with E-state index in [0.717, 1.165) is 23.2 Å². The fourth-order valence-corrected chi connectivity index (χ4v) is 6.48. The molecule has 6 nitrogen and oxygen atoms in total. The highest BCUT2D eigenvalue weighted by Gasteiger charge is 2.23. The first-order valence-electron chi connectivity index (χ1n) is 12.7. The second-order valence-electron chi connectivity index (χ2n) is 9.76. The van der Waals surface area contributed by atoms with Gasteiger partial charge in [0.05, 0.1) is 38.7 Å². The van der Waals surface area contributed by atoms with Gasteiger partial charge in [-0.05, 0) is 87.5 Å². The Hall–Kier alpha value is -3.01. The molecule has 0 saturated carbocycles. The summed E-state index contributed by atoms with van der Waals surface area (Å²) in [6, 6.07) is 14.5. The maximum atomic E-state index is 13.9. The van der Waals surface area contributed by atoms with Crippen LogP contribution >= 0.6 is 43.2 Å². The Morgan fingerprint density at radius 1 is 1.02 bits per heavy atom. The molecule has 208 valence electrons. The van der Waals surface area contributed by atoms with Gasteiger partial charge in [-0.15, -0.1) is 11.3 Å². The number of carbonyl (C=O) groups excluding carboxylic acids is 1. The number of halogens is 2. The van der Waals surface area contributed by atoms with Crippen LogP contribution in [0.15, 0.2) is 63.0 Å². The molecule has 9 heteroatoms. The van der Waals surface area contributed by atoms with Gasteiger partial charge in [-0.1, -0.05) is 37.6 Å². The highest BCUT2D eigenvalue weighted by Crippen LogP contribution is 2.42. The van der Waals surface area contributed by atoms with E-state index in [-0.39, 0.29) is 18.1 Å². The minimum atomic E-state index is -0.929. The number of hydrogen-bond donors (Lipinski definition) is 1. The highest BCUT2D eigenvalue weighted by atomic mass is 79.9. The quantitative estimate of drug-likeness (QED) is 0.159. The average Bonchev–Trinajstić information content (AvgIpc) is 3.30. The summed E-state index contributed by atoms with van der Waals surface area (Å²) >= 11 is 8.65. The van der Waals surface area contributed by atoms with E-state index in [1.807, 2.05) is 43.6 Å². The number of carboxylic acids is 1. The zero-order chi connectivity index (χ0) is 29.0. The molecule has 40 heavy (non-hydrogen) atoms. The summed E-state index contributed by atoms with van der Waals surface area (Å²) in [4.78, 5) is 30.6. The van der Waals surface area contributed by atoms with Crippen LogP contribution in [0.4, 0.5) is 0 Å². The number of ether oxygens (including phenoxy) is 2. The van der Waals surface area contributed by atoms with Crippen molar-refractivity contribution in [1.82, 2.24) is 4.98 Å². The van der Waals surface area contributed by atoms with Crippen molar-refractivity contribution in [3.63, 3.8) is 0 Å². The van der Waals surface area contributed by atoms with E-state index in [2.05, 4.69) is 50.7 Å². The molecular formula is C31H29Br2NO5S. The second-order valence-corrected chi connectivity index (χ2v) is 12.4. The van der Waals surface area contributed by atoms with Gasteiger partial charge in [-0.2, -0.15) is 0 Å². The molecule has 0 atom stereocenters. The molecule has 1 N–H and O–H groups in total. The second kappa shape index (κ2) is 13.1. The van der Waals surface area contributed by atoms with Gasteiger partial charge in [0.25, 0.3) is 0 Å². The van der Waals surface area contributed by atoms with E-state index in [0.29, 0.717) is 49.5 Å². The topological polar surface area (TPSA) is 85.7 Å². The largest absolute Gasteiger partial charge is 0.493 e. The maximum absolute atomic E-state index is 13.9. The predicted molar refractivity (Wildman–Crippen MR) is 164 cm³/mol. The van der Waals surface area contributed by atoms with Crippen LogP contribution < -0.4 is 9.47 Å². The molecule has 1 heterocycles. The van der Waals surface area contributed by atoms with E-state index < -0.39 is 5.97 Å². The molecule has 0 fully saturated rings. The first-order chi connectivity index (χ1) is 19.0. The van der Waals surface area contributed by atoms with Crippen molar-refractivity contribution in [3.05, 3.63) is 101 Å². The fourth-order valence-electron chi connectivity index (χ4n) is 4.27. The maximum Gasteiger partial charge on any atom is 0.307 e. The molecule has 0 saturated heterocycles. The van der Waals surface area contributed by atoms with Crippen LogP contribution in [0, 0.1) is 13.8 Å². The molecule has 0 aliphatic rings. The van der Waals surface area contributed by atoms with Crippen molar-refractivity contribution in [3.8, 4) is 17.2 Å². The molecule has 1 aromatic heterocycles. The van der Waals surface area contributed by atoms with E-state index in [9.17, 15) is 14.7 Å². The molecule has 3 aromatic carbocycles. The lowest BCUT2D eigenvalue weighted by atomic mass is 9.95. The van der Waals surface area contributed by atoms with E-state index >= 15 is 0 Å². The van der Waals surface area contributed by atoms with Crippen LogP contribution in [0.25, 0.3) is 0 Å². The zero-order valence-electron chi connectivity index (χ0n) is 22.6. The Morgan fingerprint density at radius 2 is 1.75 bits per heavy atom. The Kier molecular flexibility index (Phi) is 9.81. The fraction of sp³-hybridized carbons (Fsp3) is 0.258.